The smallest absolute Gasteiger partial charge is 0.0726 e. The fourth-order valence-electron chi connectivity index (χ4n) is 12.6. The van der Waals surface area contributed by atoms with Crippen LogP contribution in [0.3, 0.4) is 0 Å². The summed E-state index contributed by atoms with van der Waals surface area (Å²) in [5, 5.41) is 5.00. The highest BCUT2D eigenvalue weighted by molar-refractivity contribution is 6.19. The molecule has 2 aliphatic carbocycles. The SMILES string of the molecule is c1ccc(-c2cccc(-c3ccc(N(c4ccc(-c5ccc6c7ccc8ccccc8c7n(-c7ccccc7)c6c5)cc4)c4ccc5c(c4)C4(c6ccccc6-c6ccccc64)c4ccccc4-5)cc3)c2)cc1. The molecule has 0 saturated heterocycles. The van der Waals surface area contributed by atoms with Gasteiger partial charge in [0.2, 0.25) is 0 Å². The van der Waals surface area contributed by atoms with E-state index in [2.05, 4.69) is 289 Å². The molecular formula is C71H46N2. The van der Waals surface area contributed by atoms with Crippen molar-refractivity contribution < 1.29 is 0 Å². The van der Waals surface area contributed by atoms with Gasteiger partial charge in [-0.25, -0.2) is 0 Å². The molecule has 0 N–H and O–H groups in total. The highest BCUT2D eigenvalue weighted by Crippen LogP contribution is 2.63. The van der Waals surface area contributed by atoms with Crippen LogP contribution in [0.15, 0.2) is 279 Å². The molecule has 0 aliphatic heterocycles. The molecule has 1 heterocycles. The normalized spacial score (nSPS) is 12.8. The summed E-state index contributed by atoms with van der Waals surface area (Å²) in [5.74, 6) is 0. The minimum atomic E-state index is -0.453. The van der Waals surface area contributed by atoms with Crippen LogP contribution < -0.4 is 4.90 Å². The first-order valence-electron chi connectivity index (χ1n) is 25.3. The van der Waals surface area contributed by atoms with Crippen LogP contribution in [0.2, 0.25) is 0 Å². The van der Waals surface area contributed by atoms with Gasteiger partial charge in [0.15, 0.2) is 0 Å². The molecule has 0 saturated carbocycles. The molecule has 15 rings (SSSR count). The summed E-state index contributed by atoms with van der Waals surface area (Å²) in [6, 6.07) is 103. The third-order valence-corrected chi connectivity index (χ3v) is 15.8. The first-order valence-corrected chi connectivity index (χ1v) is 25.3. The Morgan fingerprint density at radius 1 is 0.274 bits per heavy atom. The summed E-state index contributed by atoms with van der Waals surface area (Å²) in [6.45, 7) is 0. The highest BCUT2D eigenvalue weighted by atomic mass is 15.1. The average molecular weight is 927 g/mol. The van der Waals surface area contributed by atoms with Gasteiger partial charge in [-0.15, -0.1) is 0 Å². The number of hydrogen-bond acceptors (Lipinski definition) is 1. The first-order chi connectivity index (χ1) is 36.2. The van der Waals surface area contributed by atoms with E-state index in [1.165, 1.54) is 105 Å². The molecule has 73 heavy (non-hydrogen) atoms. The number of anilines is 3. The maximum atomic E-state index is 2.49. The highest BCUT2D eigenvalue weighted by Gasteiger charge is 2.51. The largest absolute Gasteiger partial charge is 0.310 e. The molecule has 1 aromatic heterocycles. The minimum absolute atomic E-state index is 0.453. The van der Waals surface area contributed by atoms with Gasteiger partial charge < -0.3 is 9.47 Å². The number of fused-ring (bicyclic) bond motifs is 15. The van der Waals surface area contributed by atoms with E-state index >= 15 is 0 Å². The zero-order valence-electron chi connectivity index (χ0n) is 40.0. The molecule has 0 radical (unpaired) electrons. The van der Waals surface area contributed by atoms with Crippen LogP contribution in [-0.2, 0) is 5.41 Å². The summed E-state index contributed by atoms with van der Waals surface area (Å²) >= 11 is 0. The quantitative estimate of drug-likeness (QED) is 0.155. The van der Waals surface area contributed by atoms with Crippen molar-refractivity contribution in [3.05, 3.63) is 301 Å². The van der Waals surface area contributed by atoms with Crippen molar-refractivity contribution in [2.75, 3.05) is 4.90 Å². The van der Waals surface area contributed by atoms with Crippen LogP contribution in [0, 0.1) is 0 Å². The third-order valence-electron chi connectivity index (χ3n) is 15.8. The van der Waals surface area contributed by atoms with Gasteiger partial charge in [0.05, 0.1) is 16.4 Å². The van der Waals surface area contributed by atoms with Crippen molar-refractivity contribution in [3.63, 3.8) is 0 Å². The van der Waals surface area contributed by atoms with E-state index in [1.807, 2.05) is 0 Å². The molecule has 2 heteroatoms. The lowest BCUT2D eigenvalue weighted by Crippen LogP contribution is -2.26. The Balaban J connectivity index is 0.889. The van der Waals surface area contributed by atoms with Gasteiger partial charge in [-0.3, -0.25) is 0 Å². The van der Waals surface area contributed by atoms with E-state index in [9.17, 15) is 0 Å². The number of nitrogens with zero attached hydrogens (tertiary/aromatic N) is 2. The van der Waals surface area contributed by atoms with Gasteiger partial charge in [0.25, 0.3) is 0 Å². The van der Waals surface area contributed by atoms with Gasteiger partial charge in [0, 0.05) is 38.9 Å². The molecule has 0 fully saturated rings. The number of benzene rings is 12. The topological polar surface area (TPSA) is 8.17 Å². The lowest BCUT2D eigenvalue weighted by molar-refractivity contribution is 0.793. The molecule has 13 aromatic rings. The minimum Gasteiger partial charge on any atom is -0.310 e. The van der Waals surface area contributed by atoms with E-state index in [0.717, 1.165) is 28.3 Å². The Morgan fingerprint density at radius 3 is 1.37 bits per heavy atom. The molecule has 1 spiro atoms. The van der Waals surface area contributed by atoms with Crippen LogP contribution in [0.25, 0.3) is 93.9 Å². The Bertz CT molecular complexity index is 4230. The molecule has 340 valence electrons. The Hall–Kier alpha value is -9.50. The lowest BCUT2D eigenvalue weighted by Gasteiger charge is -2.32. The fraction of sp³-hybridized carbons (Fsp3) is 0.0141. The van der Waals surface area contributed by atoms with Gasteiger partial charge in [-0.05, 0) is 144 Å². The van der Waals surface area contributed by atoms with Gasteiger partial charge in [-0.2, -0.15) is 0 Å². The molecule has 2 aliphatic rings. The lowest BCUT2D eigenvalue weighted by atomic mass is 9.70. The molecule has 2 nitrogen and oxygen atoms in total. The summed E-state index contributed by atoms with van der Waals surface area (Å²) in [7, 11) is 0. The monoisotopic (exact) mass is 926 g/mol. The Labute approximate surface area is 425 Å². The molecular weight excluding hydrogens is 881 g/mol. The summed E-state index contributed by atoms with van der Waals surface area (Å²) < 4.78 is 2.45. The summed E-state index contributed by atoms with van der Waals surface area (Å²) in [6.07, 6.45) is 0. The van der Waals surface area contributed by atoms with Crippen molar-refractivity contribution in [3.8, 4) is 61.3 Å². The molecule has 0 amide bonds. The van der Waals surface area contributed by atoms with Crippen molar-refractivity contribution in [1.82, 2.24) is 4.57 Å². The van der Waals surface area contributed by atoms with Gasteiger partial charge in [-0.1, -0.05) is 218 Å². The zero-order valence-corrected chi connectivity index (χ0v) is 40.0. The third kappa shape index (κ3) is 6.24. The maximum Gasteiger partial charge on any atom is 0.0726 e. The van der Waals surface area contributed by atoms with Gasteiger partial charge in [0.1, 0.15) is 0 Å². The number of rotatable bonds is 7. The summed E-state index contributed by atoms with van der Waals surface area (Å²) in [5.41, 5.74) is 24.1. The maximum absolute atomic E-state index is 2.49. The molecule has 0 atom stereocenters. The standard InChI is InChI=1S/C71H46N2/c1-3-16-47(17-4-1)51-19-15-20-52(44-51)48-30-36-55(37-31-48)72(57-40-43-62-61-26-11-14-29-67(61)71(68(62)46-57)65-27-12-9-24-59(65)60-25-10-13-28-66(60)71)56-38-32-49(33-39-56)53-35-41-63-64-42-34-50-18-7-8-23-58(50)70(64)73(69(63)45-53)54-21-5-2-6-22-54/h1-46H. The van der Waals surface area contributed by atoms with Crippen molar-refractivity contribution >= 4 is 49.6 Å². The van der Waals surface area contributed by atoms with Crippen molar-refractivity contribution in [1.29, 1.82) is 0 Å². The van der Waals surface area contributed by atoms with Crippen molar-refractivity contribution in [2.24, 2.45) is 0 Å². The van der Waals surface area contributed by atoms with E-state index in [4.69, 9.17) is 0 Å². The van der Waals surface area contributed by atoms with E-state index in [0.29, 0.717) is 0 Å². The Morgan fingerprint density at radius 2 is 0.740 bits per heavy atom. The first kappa shape index (κ1) is 41.3. The molecule has 12 aromatic carbocycles. The predicted octanol–water partition coefficient (Wildman–Crippen LogP) is 18.8. The van der Waals surface area contributed by atoms with Crippen LogP contribution in [-0.4, -0.2) is 4.57 Å². The van der Waals surface area contributed by atoms with E-state index in [1.54, 1.807) is 0 Å². The molecule has 0 unspecified atom stereocenters. The number of aromatic nitrogens is 1. The number of hydrogen-bond donors (Lipinski definition) is 0. The second-order valence-corrected chi connectivity index (χ2v) is 19.6. The van der Waals surface area contributed by atoms with Crippen LogP contribution >= 0.6 is 0 Å². The summed E-state index contributed by atoms with van der Waals surface area (Å²) in [4.78, 5) is 2.44. The predicted molar refractivity (Wildman–Crippen MR) is 306 cm³/mol. The zero-order chi connectivity index (χ0) is 48.0. The average Bonchev–Trinajstić information content (AvgIpc) is 4.08. The van der Waals surface area contributed by atoms with E-state index in [-0.39, 0.29) is 0 Å². The van der Waals surface area contributed by atoms with Crippen molar-refractivity contribution in [2.45, 2.75) is 5.41 Å². The van der Waals surface area contributed by atoms with Crippen LogP contribution in [0.4, 0.5) is 17.1 Å². The van der Waals surface area contributed by atoms with E-state index < -0.39 is 5.41 Å². The fourth-order valence-corrected chi connectivity index (χ4v) is 12.6. The van der Waals surface area contributed by atoms with Crippen LogP contribution in [0.5, 0.6) is 0 Å². The van der Waals surface area contributed by atoms with Gasteiger partial charge >= 0.3 is 0 Å². The van der Waals surface area contributed by atoms with Crippen LogP contribution in [0.1, 0.15) is 22.3 Å². The molecule has 0 bridgehead atoms. The Kier molecular flexibility index (Phi) is 9.21. The second-order valence-electron chi connectivity index (χ2n) is 19.6. The number of para-hydroxylation sites is 1. The second kappa shape index (κ2) is 16.3.